The highest BCUT2D eigenvalue weighted by molar-refractivity contribution is 6.31. The summed E-state index contributed by atoms with van der Waals surface area (Å²) in [7, 11) is 0. The molecule has 3 rings (SSSR count). The van der Waals surface area contributed by atoms with Crippen molar-refractivity contribution in [2.75, 3.05) is 0 Å². The van der Waals surface area contributed by atoms with E-state index in [1.807, 2.05) is 0 Å². The molecule has 0 saturated heterocycles. The molecule has 2 heterocycles. The molecule has 5 nitrogen and oxygen atoms in total. The summed E-state index contributed by atoms with van der Waals surface area (Å²) < 4.78 is 1.07. The zero-order valence-electron chi connectivity index (χ0n) is 9.63. The van der Waals surface area contributed by atoms with Crippen molar-refractivity contribution in [2.24, 2.45) is 0 Å². The number of fused-ring (bicyclic) bond motifs is 1. The summed E-state index contributed by atoms with van der Waals surface area (Å²) in [6.45, 7) is 0. The van der Waals surface area contributed by atoms with Gasteiger partial charge in [-0.25, -0.2) is 9.36 Å². The molecule has 6 heteroatoms. The predicted octanol–water partition coefficient (Wildman–Crippen LogP) is 1.73. The van der Waals surface area contributed by atoms with E-state index in [2.05, 4.69) is 9.97 Å². The summed E-state index contributed by atoms with van der Waals surface area (Å²) in [6, 6.07) is 7.95. The van der Waals surface area contributed by atoms with Gasteiger partial charge in [-0.1, -0.05) is 11.6 Å². The first kappa shape index (κ1) is 11.7. The first-order valence-electron chi connectivity index (χ1n) is 5.52. The van der Waals surface area contributed by atoms with Crippen LogP contribution >= 0.6 is 11.6 Å². The van der Waals surface area contributed by atoms with Crippen LogP contribution in [0.3, 0.4) is 0 Å². The van der Waals surface area contributed by atoms with Crippen molar-refractivity contribution in [3.63, 3.8) is 0 Å². The minimum atomic E-state index is -0.508. The smallest absolute Gasteiger partial charge is 0.306 e. The highest BCUT2D eigenvalue weighted by atomic mass is 35.5. The summed E-state index contributed by atoms with van der Waals surface area (Å²) >= 11 is 5.84. The number of halogens is 1. The van der Waals surface area contributed by atoms with Gasteiger partial charge in [0.15, 0.2) is 0 Å². The van der Waals surface area contributed by atoms with Gasteiger partial charge in [0, 0.05) is 17.4 Å². The number of benzene rings is 1. The fourth-order valence-electron chi connectivity index (χ4n) is 1.92. The van der Waals surface area contributed by atoms with E-state index < -0.39 is 5.69 Å². The Morgan fingerprint density at radius 1 is 1.11 bits per heavy atom. The van der Waals surface area contributed by atoms with Crippen LogP contribution in [-0.4, -0.2) is 14.5 Å². The maximum absolute atomic E-state index is 12.3. The Balaban J connectivity index is 2.43. The van der Waals surface area contributed by atoms with Crippen molar-refractivity contribution in [2.45, 2.75) is 0 Å². The van der Waals surface area contributed by atoms with Gasteiger partial charge in [0.1, 0.15) is 0 Å². The minimum Gasteiger partial charge on any atom is -0.306 e. The van der Waals surface area contributed by atoms with Gasteiger partial charge in [0.05, 0.1) is 16.6 Å². The van der Waals surface area contributed by atoms with Crippen LogP contribution in [0.4, 0.5) is 0 Å². The second-order valence-electron chi connectivity index (χ2n) is 3.97. The lowest BCUT2D eigenvalue weighted by atomic mass is 10.2. The van der Waals surface area contributed by atoms with Gasteiger partial charge in [-0.15, -0.1) is 0 Å². The Labute approximate surface area is 112 Å². The van der Waals surface area contributed by atoms with Gasteiger partial charge in [-0.05, 0) is 30.3 Å². The van der Waals surface area contributed by atoms with E-state index in [0.29, 0.717) is 21.6 Å². The van der Waals surface area contributed by atoms with Gasteiger partial charge in [0.25, 0.3) is 5.56 Å². The van der Waals surface area contributed by atoms with Crippen molar-refractivity contribution in [1.82, 2.24) is 14.5 Å². The Hall–Kier alpha value is -2.40. The number of nitrogens with zero attached hydrogens (tertiary/aromatic N) is 2. The average molecular weight is 274 g/mol. The minimum absolute atomic E-state index is 0.387. The molecule has 0 aliphatic heterocycles. The molecular weight excluding hydrogens is 266 g/mol. The van der Waals surface area contributed by atoms with E-state index >= 15 is 0 Å². The average Bonchev–Trinajstić information content (AvgIpc) is 2.39. The molecule has 3 aromatic rings. The fraction of sp³-hybridized carbons (Fsp3) is 0. The quantitative estimate of drug-likeness (QED) is 0.734. The molecule has 2 aromatic heterocycles. The summed E-state index contributed by atoms with van der Waals surface area (Å²) in [6.07, 6.45) is 3.04. The first-order chi connectivity index (χ1) is 9.16. The zero-order chi connectivity index (χ0) is 13.4. The number of pyridine rings is 1. The number of aromatic amines is 1. The van der Waals surface area contributed by atoms with Crippen LogP contribution in [0.1, 0.15) is 0 Å². The van der Waals surface area contributed by atoms with Crippen molar-refractivity contribution < 1.29 is 0 Å². The van der Waals surface area contributed by atoms with Crippen LogP contribution in [0.2, 0.25) is 5.02 Å². The molecular formula is C13H8ClN3O2. The van der Waals surface area contributed by atoms with Gasteiger partial charge in [-0.3, -0.25) is 9.78 Å². The van der Waals surface area contributed by atoms with Crippen molar-refractivity contribution in [1.29, 1.82) is 0 Å². The maximum atomic E-state index is 12.3. The van der Waals surface area contributed by atoms with Crippen molar-refractivity contribution in [3.8, 4) is 5.69 Å². The molecule has 0 spiro atoms. The van der Waals surface area contributed by atoms with Crippen LogP contribution in [0.5, 0.6) is 0 Å². The number of rotatable bonds is 1. The van der Waals surface area contributed by atoms with Crippen LogP contribution in [-0.2, 0) is 0 Å². The lowest BCUT2D eigenvalue weighted by molar-refractivity contribution is 0.898. The number of hydrogen-bond acceptors (Lipinski definition) is 3. The molecule has 0 unspecified atom stereocenters. The molecule has 0 bridgehead atoms. The molecule has 94 valence electrons. The monoisotopic (exact) mass is 273 g/mol. The SMILES string of the molecule is O=c1[nH]c2cc(Cl)ccc2c(=O)n1-c1ccncc1. The molecule has 0 aliphatic rings. The second kappa shape index (κ2) is 4.37. The lowest BCUT2D eigenvalue weighted by Gasteiger charge is -2.05. The maximum Gasteiger partial charge on any atom is 0.333 e. The van der Waals surface area contributed by atoms with Crippen molar-refractivity contribution >= 4 is 22.5 Å². The van der Waals surface area contributed by atoms with Crippen LogP contribution in [0, 0.1) is 0 Å². The topological polar surface area (TPSA) is 67.8 Å². The Bertz CT molecular complexity index is 868. The summed E-state index contributed by atoms with van der Waals surface area (Å²) in [5.41, 5.74) is -0.00140. The van der Waals surface area contributed by atoms with Gasteiger partial charge in [-0.2, -0.15) is 0 Å². The standard InChI is InChI=1S/C13H8ClN3O2/c14-8-1-2-10-11(7-8)16-13(19)17(12(10)18)9-3-5-15-6-4-9/h1-7H,(H,16,19). The van der Waals surface area contributed by atoms with E-state index in [0.717, 1.165) is 4.57 Å². The molecule has 0 amide bonds. The molecule has 19 heavy (non-hydrogen) atoms. The zero-order valence-corrected chi connectivity index (χ0v) is 10.4. The van der Waals surface area contributed by atoms with E-state index in [1.54, 1.807) is 30.3 Å². The third-order valence-electron chi connectivity index (χ3n) is 2.78. The molecule has 1 aromatic carbocycles. The fourth-order valence-corrected chi connectivity index (χ4v) is 2.09. The number of nitrogens with one attached hydrogen (secondary N) is 1. The third-order valence-corrected chi connectivity index (χ3v) is 3.02. The van der Waals surface area contributed by atoms with E-state index in [-0.39, 0.29) is 5.56 Å². The Morgan fingerprint density at radius 3 is 2.58 bits per heavy atom. The molecule has 0 aliphatic carbocycles. The Morgan fingerprint density at radius 2 is 1.84 bits per heavy atom. The number of hydrogen-bond donors (Lipinski definition) is 1. The van der Waals surface area contributed by atoms with E-state index in [4.69, 9.17) is 11.6 Å². The van der Waals surface area contributed by atoms with Crippen molar-refractivity contribution in [3.05, 3.63) is 68.6 Å². The third kappa shape index (κ3) is 1.94. The Kier molecular flexibility index (Phi) is 2.68. The second-order valence-corrected chi connectivity index (χ2v) is 4.40. The molecule has 0 saturated carbocycles. The molecule has 0 fully saturated rings. The highest BCUT2D eigenvalue weighted by Crippen LogP contribution is 2.13. The normalized spacial score (nSPS) is 10.8. The summed E-state index contributed by atoms with van der Waals surface area (Å²) in [4.78, 5) is 30.9. The predicted molar refractivity (Wildman–Crippen MR) is 73.0 cm³/mol. The van der Waals surface area contributed by atoms with Gasteiger partial charge < -0.3 is 4.98 Å². The van der Waals surface area contributed by atoms with Crippen LogP contribution < -0.4 is 11.2 Å². The summed E-state index contributed by atoms with van der Waals surface area (Å²) in [5.74, 6) is 0. The number of aromatic nitrogens is 3. The van der Waals surface area contributed by atoms with E-state index in [9.17, 15) is 9.59 Å². The molecule has 1 N–H and O–H groups in total. The molecule has 0 atom stereocenters. The highest BCUT2D eigenvalue weighted by Gasteiger charge is 2.09. The van der Waals surface area contributed by atoms with Gasteiger partial charge >= 0.3 is 5.69 Å². The van der Waals surface area contributed by atoms with Crippen LogP contribution in [0.15, 0.2) is 52.3 Å². The summed E-state index contributed by atoms with van der Waals surface area (Å²) in [5, 5.41) is 0.866. The van der Waals surface area contributed by atoms with E-state index in [1.165, 1.54) is 12.4 Å². The first-order valence-corrected chi connectivity index (χ1v) is 5.89. The lowest BCUT2D eigenvalue weighted by Crippen LogP contribution is -2.33. The van der Waals surface area contributed by atoms with Gasteiger partial charge in [0.2, 0.25) is 0 Å². The largest absolute Gasteiger partial charge is 0.333 e. The van der Waals surface area contributed by atoms with Crippen LogP contribution in [0.25, 0.3) is 16.6 Å². The molecule has 0 radical (unpaired) electrons. The number of H-pyrrole nitrogens is 1.